The molecule has 1 fully saturated rings. The van der Waals surface area contributed by atoms with Gasteiger partial charge in [-0.2, -0.15) is 0 Å². The number of nitrogens with one attached hydrogen (secondary N) is 1. The molecule has 2 aromatic carbocycles. The first-order valence-electron chi connectivity index (χ1n) is 11.3. The molecule has 0 spiro atoms. The Kier molecular flexibility index (Phi) is 8.13. The van der Waals surface area contributed by atoms with E-state index in [9.17, 15) is 8.78 Å². The van der Waals surface area contributed by atoms with Crippen LogP contribution in [0.15, 0.2) is 48.8 Å². The van der Waals surface area contributed by atoms with Crippen molar-refractivity contribution in [2.24, 2.45) is 0 Å². The first-order chi connectivity index (χ1) is 15.2. The van der Waals surface area contributed by atoms with Crippen LogP contribution in [0.5, 0.6) is 5.75 Å². The maximum atomic E-state index is 14.2. The lowest BCUT2D eigenvalue weighted by atomic mass is 10.0. The molecule has 174 valence electrons. The summed E-state index contributed by atoms with van der Waals surface area (Å²) in [5.74, 6) is 0.0718. The van der Waals surface area contributed by atoms with E-state index in [4.69, 9.17) is 4.74 Å². The van der Waals surface area contributed by atoms with Crippen molar-refractivity contribution >= 4 is 0 Å². The van der Waals surface area contributed by atoms with Crippen molar-refractivity contribution < 1.29 is 13.5 Å². The number of rotatable bonds is 9. The SMILES string of the molecule is C=C(NCc1ccc(OC(C)C)cc1)N(Cc1ccc(F)c(F)c1C)C1CCN(C)CC1. The van der Waals surface area contributed by atoms with Crippen LogP contribution < -0.4 is 10.1 Å². The summed E-state index contributed by atoms with van der Waals surface area (Å²) in [6, 6.07) is 11.2. The first-order valence-corrected chi connectivity index (χ1v) is 11.3. The van der Waals surface area contributed by atoms with Gasteiger partial charge in [0.15, 0.2) is 11.6 Å². The standard InChI is InChI=1S/C26H35F2N3O/c1-18(2)32-24-9-6-21(7-10-24)16-29-20(4)31(23-12-14-30(5)15-13-23)17-22-8-11-25(27)26(28)19(22)3/h6-11,18,23,29H,4,12-17H2,1-3,5H3. The molecule has 1 aliphatic rings. The minimum absolute atomic E-state index is 0.140. The largest absolute Gasteiger partial charge is 0.491 e. The van der Waals surface area contributed by atoms with Crippen LogP contribution in [0.3, 0.4) is 0 Å². The van der Waals surface area contributed by atoms with Gasteiger partial charge < -0.3 is 19.9 Å². The highest BCUT2D eigenvalue weighted by molar-refractivity contribution is 5.29. The number of nitrogens with zero attached hydrogens (tertiary/aromatic N) is 2. The molecule has 0 atom stereocenters. The van der Waals surface area contributed by atoms with Crippen molar-refractivity contribution in [3.63, 3.8) is 0 Å². The van der Waals surface area contributed by atoms with Gasteiger partial charge in [-0.05, 0) is 88.6 Å². The number of likely N-dealkylation sites (tertiary alicyclic amines) is 1. The zero-order valence-electron chi connectivity index (χ0n) is 19.6. The second kappa shape index (κ2) is 10.8. The van der Waals surface area contributed by atoms with E-state index in [1.807, 2.05) is 38.1 Å². The topological polar surface area (TPSA) is 27.7 Å². The Labute approximate surface area is 190 Å². The molecule has 0 bridgehead atoms. The molecule has 6 heteroatoms. The molecule has 2 aromatic rings. The smallest absolute Gasteiger partial charge is 0.162 e. The van der Waals surface area contributed by atoms with E-state index in [0.29, 0.717) is 24.7 Å². The molecule has 0 saturated carbocycles. The number of ether oxygens (including phenoxy) is 1. The average molecular weight is 444 g/mol. The average Bonchev–Trinajstić information content (AvgIpc) is 2.77. The van der Waals surface area contributed by atoms with Gasteiger partial charge in [-0.15, -0.1) is 0 Å². The molecule has 1 N–H and O–H groups in total. The fourth-order valence-electron chi connectivity index (χ4n) is 4.06. The molecule has 32 heavy (non-hydrogen) atoms. The third-order valence-electron chi connectivity index (χ3n) is 6.06. The Morgan fingerprint density at radius 2 is 1.81 bits per heavy atom. The monoisotopic (exact) mass is 443 g/mol. The molecule has 4 nitrogen and oxygen atoms in total. The highest BCUT2D eigenvalue weighted by Gasteiger charge is 2.25. The lowest BCUT2D eigenvalue weighted by Gasteiger charge is -2.40. The number of hydrogen-bond donors (Lipinski definition) is 1. The predicted molar refractivity (Wildman–Crippen MR) is 125 cm³/mol. The summed E-state index contributed by atoms with van der Waals surface area (Å²) in [7, 11) is 2.12. The number of halogens is 2. The molecular formula is C26H35F2N3O. The second-order valence-corrected chi connectivity index (χ2v) is 8.92. The van der Waals surface area contributed by atoms with Gasteiger partial charge in [0.25, 0.3) is 0 Å². The van der Waals surface area contributed by atoms with Crippen LogP contribution in [-0.4, -0.2) is 42.1 Å². The van der Waals surface area contributed by atoms with E-state index >= 15 is 0 Å². The van der Waals surface area contributed by atoms with Crippen LogP contribution in [0, 0.1) is 18.6 Å². The van der Waals surface area contributed by atoms with Gasteiger partial charge in [-0.1, -0.05) is 24.8 Å². The number of hydrogen-bond acceptors (Lipinski definition) is 4. The van der Waals surface area contributed by atoms with Crippen molar-refractivity contribution in [1.29, 1.82) is 0 Å². The molecule has 0 aromatic heterocycles. The molecule has 1 saturated heterocycles. The zero-order valence-corrected chi connectivity index (χ0v) is 19.6. The molecule has 0 unspecified atom stereocenters. The van der Waals surface area contributed by atoms with Crippen LogP contribution in [0.4, 0.5) is 8.78 Å². The summed E-state index contributed by atoms with van der Waals surface area (Å²) in [4.78, 5) is 4.53. The van der Waals surface area contributed by atoms with Gasteiger partial charge in [-0.3, -0.25) is 0 Å². The Morgan fingerprint density at radius 3 is 2.44 bits per heavy atom. The van der Waals surface area contributed by atoms with E-state index in [-0.39, 0.29) is 6.10 Å². The van der Waals surface area contributed by atoms with Crippen molar-refractivity contribution in [2.75, 3.05) is 20.1 Å². The van der Waals surface area contributed by atoms with Crippen molar-refractivity contribution in [3.05, 3.63) is 77.1 Å². The van der Waals surface area contributed by atoms with Crippen LogP contribution in [0.1, 0.15) is 43.4 Å². The minimum Gasteiger partial charge on any atom is -0.491 e. The van der Waals surface area contributed by atoms with E-state index < -0.39 is 11.6 Å². The van der Waals surface area contributed by atoms with Crippen LogP contribution >= 0.6 is 0 Å². The number of benzene rings is 2. The second-order valence-electron chi connectivity index (χ2n) is 8.92. The maximum absolute atomic E-state index is 14.2. The van der Waals surface area contributed by atoms with E-state index in [2.05, 4.69) is 28.7 Å². The summed E-state index contributed by atoms with van der Waals surface area (Å²) in [6.45, 7) is 13.1. The summed E-state index contributed by atoms with van der Waals surface area (Å²) in [5.41, 5.74) is 2.26. The van der Waals surface area contributed by atoms with Crippen molar-refractivity contribution in [3.8, 4) is 5.75 Å². The normalized spacial score (nSPS) is 15.1. The highest BCUT2D eigenvalue weighted by atomic mass is 19.2. The molecule has 0 amide bonds. The molecule has 0 aliphatic carbocycles. The van der Waals surface area contributed by atoms with Gasteiger partial charge in [-0.25, -0.2) is 8.78 Å². The Bertz CT molecular complexity index is 906. The molecular weight excluding hydrogens is 408 g/mol. The third-order valence-corrected chi connectivity index (χ3v) is 6.06. The fraction of sp³-hybridized carbons (Fsp3) is 0.462. The fourth-order valence-corrected chi connectivity index (χ4v) is 4.06. The van der Waals surface area contributed by atoms with E-state index in [1.54, 1.807) is 13.0 Å². The first kappa shape index (κ1) is 24.1. The third kappa shape index (κ3) is 6.22. The Hall–Kier alpha value is -2.60. The lowest BCUT2D eigenvalue weighted by molar-refractivity contribution is 0.137. The van der Waals surface area contributed by atoms with E-state index in [1.165, 1.54) is 6.07 Å². The van der Waals surface area contributed by atoms with Gasteiger partial charge in [0.1, 0.15) is 5.75 Å². The predicted octanol–water partition coefficient (Wildman–Crippen LogP) is 5.22. The van der Waals surface area contributed by atoms with Crippen LogP contribution in [-0.2, 0) is 13.1 Å². The highest BCUT2D eigenvalue weighted by Crippen LogP contribution is 2.24. The Balaban J connectivity index is 1.71. The Morgan fingerprint density at radius 1 is 1.16 bits per heavy atom. The summed E-state index contributed by atoms with van der Waals surface area (Å²) in [5, 5.41) is 3.44. The van der Waals surface area contributed by atoms with Gasteiger partial charge in [0.05, 0.1) is 11.9 Å². The maximum Gasteiger partial charge on any atom is 0.162 e. The van der Waals surface area contributed by atoms with Crippen LogP contribution in [0.2, 0.25) is 0 Å². The number of piperidine rings is 1. The summed E-state index contributed by atoms with van der Waals surface area (Å²) in [6.07, 6.45) is 2.14. The molecule has 0 radical (unpaired) electrons. The van der Waals surface area contributed by atoms with Gasteiger partial charge in [0, 0.05) is 19.1 Å². The van der Waals surface area contributed by atoms with E-state index in [0.717, 1.165) is 48.6 Å². The van der Waals surface area contributed by atoms with Crippen LogP contribution in [0.25, 0.3) is 0 Å². The van der Waals surface area contributed by atoms with Crippen molar-refractivity contribution in [2.45, 2.75) is 58.8 Å². The molecule has 1 aliphatic heterocycles. The molecule has 1 heterocycles. The summed E-state index contributed by atoms with van der Waals surface area (Å²) < 4.78 is 33.5. The summed E-state index contributed by atoms with van der Waals surface area (Å²) >= 11 is 0. The quantitative estimate of drug-likeness (QED) is 0.575. The zero-order chi connectivity index (χ0) is 23.3. The molecule has 3 rings (SSSR count). The minimum atomic E-state index is -0.807. The van der Waals surface area contributed by atoms with Crippen molar-refractivity contribution in [1.82, 2.24) is 15.1 Å². The lowest BCUT2D eigenvalue weighted by Crippen LogP contribution is -2.45. The van der Waals surface area contributed by atoms with Gasteiger partial charge in [0.2, 0.25) is 0 Å². The van der Waals surface area contributed by atoms with Gasteiger partial charge >= 0.3 is 0 Å².